The zero-order valence-electron chi connectivity index (χ0n) is 22.8. The van der Waals surface area contributed by atoms with Gasteiger partial charge in [-0.2, -0.15) is 0 Å². The smallest absolute Gasteiger partial charge is 0.305 e. The van der Waals surface area contributed by atoms with Crippen molar-refractivity contribution in [3.63, 3.8) is 0 Å². The van der Waals surface area contributed by atoms with Gasteiger partial charge < -0.3 is 13.6 Å². The first-order chi connectivity index (χ1) is 15.5. The van der Waals surface area contributed by atoms with Crippen molar-refractivity contribution in [1.29, 1.82) is 0 Å². The number of rotatable bonds is 19. The van der Waals surface area contributed by atoms with Crippen LogP contribution in [0.2, 0.25) is 39.3 Å². The Balaban J connectivity index is 4.99. The van der Waals surface area contributed by atoms with E-state index >= 15 is 0 Å². The molecule has 0 amide bonds. The molecule has 0 aliphatic carbocycles. The molecule has 0 spiro atoms. The topological polar surface area (TPSA) is 44.8 Å². The minimum Gasteiger partial charge on any atom is -0.469 e. The monoisotopic (exact) mass is 496 g/mol. The molecule has 0 radical (unpaired) electrons. The average Bonchev–Trinajstić information content (AvgIpc) is 2.71. The normalized spacial score (nSPS) is 15.0. The SMILES string of the molecule is CCCCC/C=C\C/C=C\CC(O[Si](C)(C)C)C(C/C=C\CCCC(=O)OC)O[Si](C)(C)C. The van der Waals surface area contributed by atoms with Crippen LogP contribution in [0, 0.1) is 0 Å². The Hall–Kier alpha value is -0.956. The van der Waals surface area contributed by atoms with Crippen LogP contribution in [-0.2, 0) is 18.4 Å². The molecule has 0 N–H and O–H groups in total. The molecule has 0 aromatic carbocycles. The lowest BCUT2D eigenvalue weighted by Gasteiger charge is -2.35. The van der Waals surface area contributed by atoms with Crippen molar-refractivity contribution in [3.05, 3.63) is 36.5 Å². The van der Waals surface area contributed by atoms with Crippen molar-refractivity contribution in [2.24, 2.45) is 0 Å². The fourth-order valence-corrected chi connectivity index (χ4v) is 5.72. The highest BCUT2D eigenvalue weighted by molar-refractivity contribution is 6.70. The first kappa shape index (κ1) is 32.0. The maximum atomic E-state index is 11.3. The van der Waals surface area contributed by atoms with Gasteiger partial charge in [-0.15, -0.1) is 0 Å². The van der Waals surface area contributed by atoms with E-state index in [1.165, 1.54) is 32.8 Å². The number of carbonyl (C=O) groups excluding carboxylic acids is 1. The zero-order chi connectivity index (χ0) is 25.2. The minimum absolute atomic E-state index is 0.0504. The second-order valence-corrected chi connectivity index (χ2v) is 19.5. The van der Waals surface area contributed by atoms with Crippen molar-refractivity contribution < 1.29 is 18.4 Å². The summed E-state index contributed by atoms with van der Waals surface area (Å²) in [7, 11) is -2.00. The van der Waals surface area contributed by atoms with E-state index in [0.717, 1.165) is 32.1 Å². The molecule has 0 aliphatic heterocycles. The summed E-state index contributed by atoms with van der Waals surface area (Å²) in [4.78, 5) is 11.3. The first-order valence-electron chi connectivity index (χ1n) is 12.9. The van der Waals surface area contributed by atoms with Crippen LogP contribution in [0.4, 0.5) is 0 Å². The minimum atomic E-state index is -1.72. The summed E-state index contributed by atoms with van der Waals surface area (Å²) in [6, 6.07) is 0. The molecule has 2 unspecified atom stereocenters. The molecule has 4 nitrogen and oxygen atoms in total. The molecule has 6 heteroatoms. The zero-order valence-corrected chi connectivity index (χ0v) is 24.8. The Labute approximate surface area is 207 Å². The number of carbonyl (C=O) groups is 1. The molecule has 0 aliphatic rings. The van der Waals surface area contributed by atoms with Crippen LogP contribution in [0.3, 0.4) is 0 Å². The second kappa shape index (κ2) is 18.4. The van der Waals surface area contributed by atoms with E-state index in [-0.39, 0.29) is 18.2 Å². The van der Waals surface area contributed by atoms with Crippen molar-refractivity contribution in [3.8, 4) is 0 Å². The predicted octanol–water partition coefficient (Wildman–Crippen LogP) is 8.19. The molecule has 0 fully saturated rings. The van der Waals surface area contributed by atoms with Gasteiger partial charge in [-0.1, -0.05) is 56.2 Å². The maximum absolute atomic E-state index is 11.3. The van der Waals surface area contributed by atoms with Crippen molar-refractivity contribution in [1.82, 2.24) is 0 Å². The van der Waals surface area contributed by atoms with Gasteiger partial charge >= 0.3 is 5.97 Å². The largest absolute Gasteiger partial charge is 0.469 e. The lowest BCUT2D eigenvalue weighted by molar-refractivity contribution is -0.140. The summed E-state index contributed by atoms with van der Waals surface area (Å²) in [5.41, 5.74) is 0. The van der Waals surface area contributed by atoms with E-state index < -0.39 is 16.6 Å². The first-order valence-corrected chi connectivity index (χ1v) is 19.7. The quantitative estimate of drug-likeness (QED) is 0.0782. The number of ether oxygens (including phenoxy) is 1. The molecule has 0 saturated heterocycles. The number of unbranched alkanes of at least 4 members (excludes halogenated alkanes) is 4. The Morgan fingerprint density at radius 3 is 1.73 bits per heavy atom. The van der Waals surface area contributed by atoms with Gasteiger partial charge in [-0.05, 0) is 84.2 Å². The molecule has 0 rings (SSSR count). The molecule has 0 saturated carbocycles. The van der Waals surface area contributed by atoms with Gasteiger partial charge in [-0.25, -0.2) is 0 Å². The fourth-order valence-electron chi connectivity index (χ4n) is 3.41. The van der Waals surface area contributed by atoms with E-state index in [9.17, 15) is 4.79 Å². The van der Waals surface area contributed by atoms with E-state index in [1.54, 1.807) is 0 Å². The molecule has 33 heavy (non-hydrogen) atoms. The third-order valence-electron chi connectivity index (χ3n) is 4.89. The highest BCUT2D eigenvalue weighted by Crippen LogP contribution is 2.22. The highest BCUT2D eigenvalue weighted by Gasteiger charge is 2.30. The molecule has 192 valence electrons. The van der Waals surface area contributed by atoms with Crippen LogP contribution >= 0.6 is 0 Å². The fraction of sp³-hybridized carbons (Fsp3) is 0.741. The van der Waals surface area contributed by atoms with E-state index in [4.69, 9.17) is 13.6 Å². The number of esters is 1. The van der Waals surface area contributed by atoms with Crippen LogP contribution in [0.1, 0.15) is 71.1 Å². The average molecular weight is 497 g/mol. The van der Waals surface area contributed by atoms with Gasteiger partial charge in [0.2, 0.25) is 0 Å². The number of hydrogen-bond donors (Lipinski definition) is 0. The lowest BCUT2D eigenvalue weighted by Crippen LogP contribution is -2.44. The molecule has 0 bridgehead atoms. The predicted molar refractivity (Wildman–Crippen MR) is 148 cm³/mol. The Morgan fingerprint density at radius 1 is 0.727 bits per heavy atom. The number of methoxy groups -OCH3 is 1. The third kappa shape index (κ3) is 21.3. The Kier molecular flexibility index (Phi) is 17.8. The Bertz CT molecular complexity index is 586. The standard InChI is InChI=1S/C27H52O4Si2/c1-9-10-11-12-13-14-15-16-19-22-25(30-32(3,4)5)26(31-33(6,7)8)23-20-17-18-21-24-27(28)29-2/h13-14,16-17,19-20,25-26H,9-12,15,18,21-24H2,1-8H3/b14-13-,19-16-,20-17-. The van der Waals surface area contributed by atoms with Gasteiger partial charge in [-0.3, -0.25) is 4.79 Å². The number of hydrogen-bond acceptors (Lipinski definition) is 4. The molecule has 0 aromatic heterocycles. The van der Waals surface area contributed by atoms with Crippen molar-refractivity contribution in [2.75, 3.05) is 7.11 Å². The van der Waals surface area contributed by atoms with E-state index in [1.807, 2.05) is 0 Å². The maximum Gasteiger partial charge on any atom is 0.305 e. The third-order valence-corrected chi connectivity index (χ3v) is 6.91. The van der Waals surface area contributed by atoms with Gasteiger partial charge in [0, 0.05) is 6.42 Å². The summed E-state index contributed by atoms with van der Waals surface area (Å²) < 4.78 is 17.9. The molecular weight excluding hydrogens is 444 g/mol. The van der Waals surface area contributed by atoms with Crippen molar-refractivity contribution >= 4 is 22.6 Å². The summed E-state index contributed by atoms with van der Waals surface area (Å²) >= 11 is 0. The van der Waals surface area contributed by atoms with Crippen LogP contribution in [0.5, 0.6) is 0 Å². The second-order valence-electron chi connectivity index (χ2n) is 10.6. The molecule has 0 heterocycles. The Morgan fingerprint density at radius 2 is 1.21 bits per heavy atom. The molecule has 0 aromatic rings. The highest BCUT2D eigenvalue weighted by atomic mass is 28.4. The summed E-state index contributed by atoms with van der Waals surface area (Å²) in [6.07, 6.45) is 23.5. The summed E-state index contributed by atoms with van der Waals surface area (Å²) in [5, 5.41) is 0. The van der Waals surface area contributed by atoms with E-state index in [2.05, 4.69) is 82.7 Å². The number of allylic oxidation sites excluding steroid dienone is 4. The van der Waals surface area contributed by atoms with Crippen LogP contribution in [-0.4, -0.2) is 41.9 Å². The van der Waals surface area contributed by atoms with Gasteiger partial charge in [0.25, 0.3) is 0 Å². The van der Waals surface area contributed by atoms with E-state index in [0.29, 0.717) is 6.42 Å². The summed E-state index contributed by atoms with van der Waals surface area (Å²) in [6.45, 7) is 15.7. The van der Waals surface area contributed by atoms with Gasteiger partial charge in [0.15, 0.2) is 16.6 Å². The van der Waals surface area contributed by atoms with Crippen molar-refractivity contribution in [2.45, 2.75) is 123 Å². The van der Waals surface area contributed by atoms with Crippen LogP contribution in [0.25, 0.3) is 0 Å². The van der Waals surface area contributed by atoms with Gasteiger partial charge in [0.1, 0.15) is 0 Å². The van der Waals surface area contributed by atoms with Crippen LogP contribution in [0.15, 0.2) is 36.5 Å². The molecule has 2 atom stereocenters. The van der Waals surface area contributed by atoms with Crippen LogP contribution < -0.4 is 0 Å². The molecular formula is C27H52O4Si2. The summed E-state index contributed by atoms with van der Waals surface area (Å²) in [5.74, 6) is -0.144. The lowest BCUT2D eigenvalue weighted by atomic mass is 10.1. The van der Waals surface area contributed by atoms with Gasteiger partial charge in [0.05, 0.1) is 19.3 Å².